The van der Waals surface area contributed by atoms with Crippen molar-refractivity contribution in [3.05, 3.63) is 60.2 Å². The highest BCUT2D eigenvalue weighted by Crippen LogP contribution is 2.63. The van der Waals surface area contributed by atoms with Crippen molar-refractivity contribution in [2.75, 3.05) is 0 Å². The van der Waals surface area contributed by atoms with E-state index in [4.69, 9.17) is 0 Å². The smallest absolute Gasteiger partial charge is 0.148 e. The lowest BCUT2D eigenvalue weighted by Crippen LogP contribution is -2.46. The van der Waals surface area contributed by atoms with Gasteiger partial charge in [0.1, 0.15) is 7.14 Å². The molecule has 110 valence electrons. The van der Waals surface area contributed by atoms with Crippen LogP contribution >= 0.6 is 7.14 Å². The summed E-state index contributed by atoms with van der Waals surface area (Å²) in [4.78, 5) is 0. The van der Waals surface area contributed by atoms with Gasteiger partial charge in [-0.05, 0) is 17.4 Å². The van der Waals surface area contributed by atoms with Crippen LogP contribution in [0.1, 0.15) is 39.7 Å². The van der Waals surface area contributed by atoms with Crippen LogP contribution in [0, 0.1) is 0 Å². The molecule has 0 radical (unpaired) electrons. The standard InChI is InChI=1S/C19H23OP/c1-18(2)14-19(3,4)21(20,15-10-6-5-7-11-15)17-13-9-8-12-16(17)18/h5-13H,14H2,1-4H3. The summed E-state index contributed by atoms with van der Waals surface area (Å²) in [7, 11) is -2.64. The summed E-state index contributed by atoms with van der Waals surface area (Å²) in [5, 5.41) is 1.81. The minimum absolute atomic E-state index is 0.0583. The normalized spacial score (nSPS) is 26.1. The van der Waals surface area contributed by atoms with Gasteiger partial charge in [-0.25, -0.2) is 0 Å². The van der Waals surface area contributed by atoms with E-state index in [2.05, 4.69) is 45.9 Å². The van der Waals surface area contributed by atoms with Gasteiger partial charge in [-0.2, -0.15) is 0 Å². The van der Waals surface area contributed by atoms with Crippen LogP contribution in [0.25, 0.3) is 0 Å². The zero-order chi connectivity index (χ0) is 15.3. The largest absolute Gasteiger partial charge is 0.313 e. The lowest BCUT2D eigenvalue weighted by Gasteiger charge is -2.47. The Hall–Kier alpha value is -1.33. The first-order chi connectivity index (χ1) is 9.79. The van der Waals surface area contributed by atoms with E-state index in [1.165, 1.54) is 5.56 Å². The fourth-order valence-corrected chi connectivity index (χ4v) is 7.91. The predicted molar refractivity (Wildman–Crippen MR) is 91.5 cm³/mol. The molecule has 2 aromatic carbocycles. The molecule has 0 N–H and O–H groups in total. The first kappa shape index (κ1) is 14.6. The molecule has 0 aromatic heterocycles. The summed E-state index contributed by atoms with van der Waals surface area (Å²) < 4.78 is 14.2. The Morgan fingerprint density at radius 2 is 1.43 bits per heavy atom. The van der Waals surface area contributed by atoms with E-state index >= 15 is 0 Å². The quantitative estimate of drug-likeness (QED) is 0.710. The second-order valence-electron chi connectivity index (χ2n) is 7.34. The van der Waals surface area contributed by atoms with E-state index in [0.29, 0.717) is 0 Å². The van der Waals surface area contributed by atoms with Gasteiger partial charge in [0.05, 0.1) is 0 Å². The van der Waals surface area contributed by atoms with E-state index in [1.54, 1.807) is 0 Å². The van der Waals surface area contributed by atoms with Crippen LogP contribution < -0.4 is 10.6 Å². The molecule has 1 atom stereocenters. The molecule has 0 aliphatic carbocycles. The molecule has 2 aromatic rings. The molecule has 0 saturated carbocycles. The van der Waals surface area contributed by atoms with E-state index in [9.17, 15) is 4.57 Å². The number of fused-ring (bicyclic) bond motifs is 1. The van der Waals surface area contributed by atoms with Crippen molar-refractivity contribution in [1.29, 1.82) is 0 Å². The summed E-state index contributed by atoms with van der Waals surface area (Å²) in [5.41, 5.74) is 1.31. The molecular weight excluding hydrogens is 275 g/mol. The van der Waals surface area contributed by atoms with Crippen molar-refractivity contribution < 1.29 is 4.57 Å². The maximum Gasteiger partial charge on any atom is 0.148 e. The first-order valence-electron chi connectivity index (χ1n) is 7.55. The maximum absolute atomic E-state index is 14.2. The van der Waals surface area contributed by atoms with Crippen LogP contribution in [0.3, 0.4) is 0 Å². The molecule has 1 nitrogen and oxygen atoms in total. The molecule has 3 rings (SSSR count). The fraction of sp³-hybridized carbons (Fsp3) is 0.368. The van der Waals surface area contributed by atoms with E-state index in [1.807, 2.05) is 36.4 Å². The number of benzene rings is 2. The van der Waals surface area contributed by atoms with Gasteiger partial charge in [0, 0.05) is 15.8 Å². The Morgan fingerprint density at radius 1 is 0.857 bits per heavy atom. The summed E-state index contributed by atoms with van der Waals surface area (Å²) >= 11 is 0. The number of hydrogen-bond donors (Lipinski definition) is 0. The highest BCUT2D eigenvalue weighted by Gasteiger charge is 2.52. The maximum atomic E-state index is 14.2. The molecule has 1 aliphatic heterocycles. The van der Waals surface area contributed by atoms with Crippen LogP contribution in [0.5, 0.6) is 0 Å². The van der Waals surface area contributed by atoms with Gasteiger partial charge in [0.15, 0.2) is 0 Å². The molecule has 1 aliphatic rings. The fourth-order valence-electron chi connectivity index (χ4n) is 4.06. The molecule has 0 spiro atoms. The molecular formula is C19H23OP. The summed E-state index contributed by atoms with van der Waals surface area (Å²) in [6.07, 6.45) is 0.934. The van der Waals surface area contributed by atoms with Crippen molar-refractivity contribution in [1.82, 2.24) is 0 Å². The molecule has 1 unspecified atom stereocenters. The lowest BCUT2D eigenvalue weighted by atomic mass is 9.77. The Bertz CT molecular complexity index is 713. The van der Waals surface area contributed by atoms with E-state index in [-0.39, 0.29) is 10.6 Å². The van der Waals surface area contributed by atoms with E-state index < -0.39 is 7.14 Å². The number of hydrogen-bond acceptors (Lipinski definition) is 1. The lowest BCUT2D eigenvalue weighted by molar-refractivity contribution is 0.401. The number of rotatable bonds is 1. The van der Waals surface area contributed by atoms with Crippen molar-refractivity contribution >= 4 is 17.8 Å². The van der Waals surface area contributed by atoms with Crippen molar-refractivity contribution in [2.24, 2.45) is 0 Å². The second kappa shape index (κ2) is 4.58. The van der Waals surface area contributed by atoms with Gasteiger partial charge in [-0.15, -0.1) is 0 Å². The Balaban J connectivity index is 2.36. The van der Waals surface area contributed by atoms with Crippen molar-refractivity contribution in [2.45, 2.75) is 44.7 Å². The highest BCUT2D eigenvalue weighted by molar-refractivity contribution is 7.80. The SMILES string of the molecule is CC1(C)CC(C)(C)P(=O)(c2ccccc2)c2ccccc21. The zero-order valence-corrected chi connectivity index (χ0v) is 14.2. The summed E-state index contributed by atoms with van der Waals surface area (Å²) in [6, 6.07) is 18.3. The van der Waals surface area contributed by atoms with Gasteiger partial charge in [-0.3, -0.25) is 0 Å². The van der Waals surface area contributed by atoms with Gasteiger partial charge in [0.25, 0.3) is 0 Å². The van der Waals surface area contributed by atoms with Crippen molar-refractivity contribution in [3.63, 3.8) is 0 Å². The van der Waals surface area contributed by atoms with Gasteiger partial charge in [-0.1, -0.05) is 82.3 Å². The molecule has 2 heteroatoms. The monoisotopic (exact) mass is 298 g/mol. The predicted octanol–water partition coefficient (Wildman–Crippen LogP) is 4.46. The van der Waals surface area contributed by atoms with Crippen LogP contribution in [0.15, 0.2) is 54.6 Å². The highest BCUT2D eigenvalue weighted by atomic mass is 31.2. The van der Waals surface area contributed by atoms with Crippen LogP contribution in [-0.2, 0) is 9.98 Å². The molecule has 0 amide bonds. The molecule has 0 fully saturated rings. The average molecular weight is 298 g/mol. The summed E-state index contributed by atoms with van der Waals surface area (Å²) in [5.74, 6) is 0. The molecule has 1 heterocycles. The average Bonchev–Trinajstić information content (AvgIpc) is 2.45. The summed E-state index contributed by atoms with van der Waals surface area (Å²) in [6.45, 7) is 8.86. The van der Waals surface area contributed by atoms with E-state index in [0.717, 1.165) is 17.0 Å². The van der Waals surface area contributed by atoms with Crippen molar-refractivity contribution in [3.8, 4) is 0 Å². The van der Waals surface area contributed by atoms with Crippen LogP contribution in [-0.4, -0.2) is 5.16 Å². The molecule has 0 saturated heterocycles. The Morgan fingerprint density at radius 3 is 2.10 bits per heavy atom. The molecule has 0 bridgehead atoms. The minimum Gasteiger partial charge on any atom is -0.313 e. The van der Waals surface area contributed by atoms with Gasteiger partial charge >= 0.3 is 0 Å². The van der Waals surface area contributed by atoms with Crippen LogP contribution in [0.2, 0.25) is 0 Å². The van der Waals surface area contributed by atoms with Gasteiger partial charge < -0.3 is 4.57 Å². The zero-order valence-electron chi connectivity index (χ0n) is 13.3. The first-order valence-corrected chi connectivity index (χ1v) is 9.26. The minimum atomic E-state index is -2.64. The topological polar surface area (TPSA) is 17.1 Å². The van der Waals surface area contributed by atoms with Crippen LogP contribution in [0.4, 0.5) is 0 Å². The Kier molecular flexibility index (Phi) is 3.19. The van der Waals surface area contributed by atoms with Gasteiger partial charge in [0.2, 0.25) is 0 Å². The Labute approximate surface area is 127 Å². The third-order valence-corrected chi connectivity index (χ3v) is 8.78. The second-order valence-corrected chi connectivity index (χ2v) is 10.8. The molecule has 21 heavy (non-hydrogen) atoms. The third kappa shape index (κ3) is 2.02. The third-order valence-electron chi connectivity index (χ3n) is 4.82.